The minimum Gasteiger partial charge on any atom is -0.368 e. The highest BCUT2D eigenvalue weighted by atomic mass is 35.5. The summed E-state index contributed by atoms with van der Waals surface area (Å²) >= 11 is 5.65. The van der Waals surface area contributed by atoms with Gasteiger partial charge in [-0.3, -0.25) is 0 Å². The first kappa shape index (κ1) is 13.8. The Labute approximate surface area is 116 Å². The van der Waals surface area contributed by atoms with Crippen LogP contribution >= 0.6 is 11.6 Å². The molecule has 2 aromatic carbocycles. The lowest BCUT2D eigenvalue weighted by molar-refractivity contribution is 0.600. The third kappa shape index (κ3) is 3.24. The van der Waals surface area contributed by atoms with Crippen molar-refractivity contribution in [1.29, 1.82) is 0 Å². The number of halogens is 3. The highest BCUT2D eigenvalue weighted by Crippen LogP contribution is 2.22. The van der Waals surface area contributed by atoms with Crippen molar-refractivity contribution in [3.8, 4) is 0 Å². The SMILES string of the molecule is CN(Cc1ccccc1F)c1ccc(CCl)cc1F. The number of hydrogen-bond donors (Lipinski definition) is 0. The molecule has 1 nitrogen and oxygen atoms in total. The number of rotatable bonds is 4. The summed E-state index contributed by atoms with van der Waals surface area (Å²) in [5.74, 6) is -0.363. The molecule has 2 aromatic rings. The Morgan fingerprint density at radius 3 is 2.42 bits per heavy atom. The molecule has 0 bridgehead atoms. The molecule has 100 valence electrons. The van der Waals surface area contributed by atoms with Crippen molar-refractivity contribution < 1.29 is 8.78 Å². The Hall–Kier alpha value is -1.61. The summed E-state index contributed by atoms with van der Waals surface area (Å²) < 4.78 is 27.4. The van der Waals surface area contributed by atoms with E-state index in [0.717, 1.165) is 5.56 Å². The van der Waals surface area contributed by atoms with Crippen LogP contribution in [0.25, 0.3) is 0 Å². The molecule has 0 N–H and O–H groups in total. The Bertz CT molecular complexity index is 572. The summed E-state index contributed by atoms with van der Waals surface area (Å²) in [7, 11) is 1.73. The number of benzene rings is 2. The van der Waals surface area contributed by atoms with Crippen molar-refractivity contribution in [2.75, 3.05) is 11.9 Å². The summed E-state index contributed by atoms with van der Waals surface area (Å²) in [5, 5.41) is 0. The Kier molecular flexibility index (Phi) is 4.38. The molecule has 0 aliphatic heterocycles. The third-order valence-corrected chi connectivity index (χ3v) is 3.25. The largest absolute Gasteiger partial charge is 0.368 e. The molecule has 0 saturated carbocycles. The maximum Gasteiger partial charge on any atom is 0.146 e. The summed E-state index contributed by atoms with van der Waals surface area (Å²) in [6.07, 6.45) is 0. The lowest BCUT2D eigenvalue weighted by atomic mass is 10.1. The van der Waals surface area contributed by atoms with Gasteiger partial charge in [-0.2, -0.15) is 0 Å². The fourth-order valence-electron chi connectivity index (χ4n) is 1.91. The van der Waals surface area contributed by atoms with Gasteiger partial charge in [-0.1, -0.05) is 24.3 Å². The minimum atomic E-state index is -0.350. The van der Waals surface area contributed by atoms with E-state index in [2.05, 4.69) is 0 Å². The van der Waals surface area contributed by atoms with Crippen LogP contribution in [0.1, 0.15) is 11.1 Å². The van der Waals surface area contributed by atoms with Gasteiger partial charge in [0.05, 0.1) is 5.69 Å². The average molecular weight is 282 g/mol. The quantitative estimate of drug-likeness (QED) is 0.754. The van der Waals surface area contributed by atoms with Gasteiger partial charge in [-0.25, -0.2) is 8.78 Å². The molecule has 19 heavy (non-hydrogen) atoms. The van der Waals surface area contributed by atoms with E-state index < -0.39 is 0 Å². The van der Waals surface area contributed by atoms with Gasteiger partial charge < -0.3 is 4.90 Å². The van der Waals surface area contributed by atoms with Crippen molar-refractivity contribution in [3.05, 3.63) is 65.2 Å². The standard InChI is InChI=1S/C15H14ClF2N/c1-19(10-12-4-2-3-5-13(12)17)15-7-6-11(9-16)8-14(15)18/h2-8H,9-10H2,1H3. The lowest BCUT2D eigenvalue weighted by Crippen LogP contribution is -2.18. The molecule has 0 saturated heterocycles. The van der Waals surface area contributed by atoms with E-state index in [1.54, 1.807) is 42.3 Å². The predicted molar refractivity (Wildman–Crippen MR) is 74.5 cm³/mol. The maximum atomic E-state index is 13.9. The van der Waals surface area contributed by atoms with E-state index >= 15 is 0 Å². The second kappa shape index (κ2) is 6.02. The summed E-state index contributed by atoms with van der Waals surface area (Å²) in [4.78, 5) is 1.67. The monoisotopic (exact) mass is 281 g/mol. The average Bonchev–Trinajstić information content (AvgIpc) is 2.41. The summed E-state index contributed by atoms with van der Waals surface area (Å²) in [6, 6.07) is 11.3. The van der Waals surface area contributed by atoms with Crippen molar-refractivity contribution in [2.45, 2.75) is 12.4 Å². The van der Waals surface area contributed by atoms with E-state index in [9.17, 15) is 8.78 Å². The predicted octanol–water partition coefficient (Wildman–Crippen LogP) is 4.34. The molecule has 0 aromatic heterocycles. The second-order valence-corrected chi connectivity index (χ2v) is 4.63. The fraction of sp³-hybridized carbons (Fsp3) is 0.200. The van der Waals surface area contributed by atoms with Crippen LogP contribution in [0.15, 0.2) is 42.5 Å². The minimum absolute atomic E-state index is 0.272. The van der Waals surface area contributed by atoms with Crippen LogP contribution in [0.5, 0.6) is 0 Å². The molecule has 0 radical (unpaired) electrons. The Balaban J connectivity index is 2.21. The van der Waals surface area contributed by atoms with Gasteiger partial charge in [-0.05, 0) is 23.8 Å². The fourth-order valence-corrected chi connectivity index (χ4v) is 2.08. The molecule has 0 spiro atoms. The van der Waals surface area contributed by atoms with E-state index in [1.807, 2.05) is 0 Å². The number of hydrogen-bond acceptors (Lipinski definition) is 1. The number of alkyl halides is 1. The molecule has 0 fully saturated rings. The first-order valence-corrected chi connectivity index (χ1v) is 6.44. The van der Waals surface area contributed by atoms with Crippen LogP contribution in [0, 0.1) is 11.6 Å². The molecule has 2 rings (SSSR count). The van der Waals surface area contributed by atoms with Crippen molar-refractivity contribution >= 4 is 17.3 Å². The van der Waals surface area contributed by atoms with Crippen LogP contribution in [-0.2, 0) is 12.4 Å². The van der Waals surface area contributed by atoms with Gasteiger partial charge in [0, 0.05) is 25.0 Å². The maximum absolute atomic E-state index is 13.9. The summed E-state index contributed by atoms with van der Waals surface area (Å²) in [6.45, 7) is 0.309. The van der Waals surface area contributed by atoms with Crippen molar-refractivity contribution in [2.24, 2.45) is 0 Å². The third-order valence-electron chi connectivity index (χ3n) is 2.94. The molecule has 0 aliphatic carbocycles. The molecule has 4 heteroatoms. The number of nitrogens with zero attached hydrogens (tertiary/aromatic N) is 1. The highest BCUT2D eigenvalue weighted by Gasteiger charge is 2.10. The van der Waals surface area contributed by atoms with Gasteiger partial charge in [0.25, 0.3) is 0 Å². The van der Waals surface area contributed by atoms with E-state index in [1.165, 1.54) is 12.1 Å². The van der Waals surface area contributed by atoms with Crippen LogP contribution in [0.3, 0.4) is 0 Å². The molecule has 0 amide bonds. The van der Waals surface area contributed by atoms with Crippen molar-refractivity contribution in [3.63, 3.8) is 0 Å². The Morgan fingerprint density at radius 2 is 1.79 bits per heavy atom. The first-order chi connectivity index (χ1) is 9.11. The first-order valence-electron chi connectivity index (χ1n) is 5.90. The molecule has 0 aliphatic rings. The van der Waals surface area contributed by atoms with Gasteiger partial charge >= 0.3 is 0 Å². The Morgan fingerprint density at radius 1 is 1.05 bits per heavy atom. The normalized spacial score (nSPS) is 10.5. The zero-order valence-corrected chi connectivity index (χ0v) is 11.3. The molecule has 0 atom stereocenters. The second-order valence-electron chi connectivity index (χ2n) is 4.37. The van der Waals surface area contributed by atoms with Gasteiger partial charge in [0.2, 0.25) is 0 Å². The van der Waals surface area contributed by atoms with Crippen LogP contribution in [0.4, 0.5) is 14.5 Å². The number of anilines is 1. The molecular formula is C15H14ClF2N. The van der Waals surface area contributed by atoms with Crippen LogP contribution in [0.2, 0.25) is 0 Å². The lowest BCUT2D eigenvalue weighted by Gasteiger charge is -2.20. The molecule has 0 unspecified atom stereocenters. The van der Waals surface area contributed by atoms with Crippen LogP contribution in [-0.4, -0.2) is 7.05 Å². The van der Waals surface area contributed by atoms with E-state index in [-0.39, 0.29) is 17.5 Å². The topological polar surface area (TPSA) is 3.24 Å². The van der Waals surface area contributed by atoms with Gasteiger partial charge in [0.1, 0.15) is 11.6 Å². The van der Waals surface area contributed by atoms with Gasteiger partial charge in [0.15, 0.2) is 0 Å². The van der Waals surface area contributed by atoms with Gasteiger partial charge in [-0.15, -0.1) is 11.6 Å². The van der Waals surface area contributed by atoms with Crippen LogP contribution < -0.4 is 4.90 Å². The highest BCUT2D eigenvalue weighted by molar-refractivity contribution is 6.17. The zero-order valence-electron chi connectivity index (χ0n) is 10.5. The smallest absolute Gasteiger partial charge is 0.146 e. The molecular weight excluding hydrogens is 268 g/mol. The zero-order chi connectivity index (χ0) is 13.8. The van der Waals surface area contributed by atoms with E-state index in [4.69, 9.17) is 11.6 Å². The summed E-state index contributed by atoms with van der Waals surface area (Å²) in [5.41, 5.74) is 1.69. The van der Waals surface area contributed by atoms with E-state index in [0.29, 0.717) is 17.8 Å². The van der Waals surface area contributed by atoms with Crippen molar-refractivity contribution in [1.82, 2.24) is 0 Å². The molecule has 0 heterocycles.